The van der Waals surface area contributed by atoms with E-state index < -0.39 is 11.1 Å². The summed E-state index contributed by atoms with van der Waals surface area (Å²) in [5, 5.41) is 28.9. The van der Waals surface area contributed by atoms with E-state index in [4.69, 9.17) is 0 Å². The number of rotatable bonds is 7. The van der Waals surface area contributed by atoms with E-state index in [-0.39, 0.29) is 25.0 Å². The van der Waals surface area contributed by atoms with E-state index in [9.17, 15) is 19.8 Å². The molecule has 0 aromatic heterocycles. The Morgan fingerprint density at radius 3 is 1.33 bits per heavy atom. The number of hydrogen-bond donors (Lipinski definition) is 4. The van der Waals surface area contributed by atoms with Crippen LogP contribution in [0.1, 0.15) is 48.4 Å². The maximum absolute atomic E-state index is 13.6. The lowest BCUT2D eigenvalue weighted by molar-refractivity contribution is 0.0860. The summed E-state index contributed by atoms with van der Waals surface area (Å²) >= 11 is 0. The molecule has 0 heterocycles. The second-order valence-corrected chi connectivity index (χ2v) is 10.4. The van der Waals surface area contributed by atoms with Crippen LogP contribution in [0.5, 0.6) is 0 Å². The summed E-state index contributed by atoms with van der Waals surface area (Å²) in [6.07, 6.45) is 0. The standard InChI is InChI=1S/C30H32N2O4/c1-29(2,17-33)31-27(35)23-15-13-19-9-5-7-11-21(19)25(23)26-22-12-8-6-10-20(22)14-16-24(26)28(36)32-30(3,4)18-34/h5-16,33-34H,17-18H2,1-4H3,(H,31,35)(H,32,36). The number of amides is 2. The van der Waals surface area contributed by atoms with Gasteiger partial charge in [0.1, 0.15) is 0 Å². The summed E-state index contributed by atoms with van der Waals surface area (Å²) in [6.45, 7) is 6.55. The van der Waals surface area contributed by atoms with E-state index in [2.05, 4.69) is 10.6 Å². The number of hydrogen-bond acceptors (Lipinski definition) is 4. The Labute approximate surface area is 211 Å². The van der Waals surface area contributed by atoms with Crippen molar-refractivity contribution >= 4 is 33.4 Å². The van der Waals surface area contributed by atoms with Crippen LogP contribution >= 0.6 is 0 Å². The minimum Gasteiger partial charge on any atom is -0.394 e. The molecule has 6 nitrogen and oxygen atoms in total. The Kier molecular flexibility index (Phi) is 6.85. The first-order chi connectivity index (χ1) is 17.1. The molecule has 0 bridgehead atoms. The third kappa shape index (κ3) is 4.96. The molecule has 0 atom stereocenters. The number of aliphatic hydroxyl groups is 2. The first-order valence-electron chi connectivity index (χ1n) is 12.0. The summed E-state index contributed by atoms with van der Waals surface area (Å²) in [7, 11) is 0. The Bertz CT molecular complexity index is 1350. The Morgan fingerprint density at radius 2 is 0.972 bits per heavy atom. The van der Waals surface area contributed by atoms with Crippen molar-refractivity contribution in [3.05, 3.63) is 83.9 Å². The van der Waals surface area contributed by atoms with Crippen LogP contribution in [0.2, 0.25) is 0 Å². The van der Waals surface area contributed by atoms with Crippen molar-refractivity contribution in [2.75, 3.05) is 13.2 Å². The van der Waals surface area contributed by atoms with Crippen molar-refractivity contribution in [2.45, 2.75) is 38.8 Å². The van der Waals surface area contributed by atoms with Crippen molar-refractivity contribution in [1.29, 1.82) is 0 Å². The van der Waals surface area contributed by atoms with Gasteiger partial charge in [0.15, 0.2) is 0 Å². The molecule has 0 spiro atoms. The molecule has 0 saturated heterocycles. The molecule has 2 amide bonds. The third-order valence-corrected chi connectivity index (χ3v) is 6.29. The van der Waals surface area contributed by atoms with Crippen LogP contribution in [-0.2, 0) is 0 Å². The van der Waals surface area contributed by atoms with Gasteiger partial charge in [-0.3, -0.25) is 9.59 Å². The fourth-order valence-corrected chi connectivity index (χ4v) is 4.29. The summed E-state index contributed by atoms with van der Waals surface area (Å²) in [4.78, 5) is 27.2. The number of nitrogens with one attached hydrogen (secondary N) is 2. The van der Waals surface area contributed by atoms with E-state index >= 15 is 0 Å². The molecule has 0 fully saturated rings. The van der Waals surface area contributed by atoms with Crippen LogP contribution in [0.25, 0.3) is 32.7 Å². The van der Waals surface area contributed by atoms with Gasteiger partial charge in [-0.2, -0.15) is 0 Å². The minimum absolute atomic E-state index is 0.222. The van der Waals surface area contributed by atoms with Crippen LogP contribution in [0.15, 0.2) is 72.8 Å². The van der Waals surface area contributed by atoms with Crippen LogP contribution < -0.4 is 10.6 Å². The van der Waals surface area contributed by atoms with E-state index in [0.717, 1.165) is 21.5 Å². The van der Waals surface area contributed by atoms with E-state index in [1.54, 1.807) is 39.8 Å². The largest absolute Gasteiger partial charge is 0.394 e. The predicted molar refractivity (Wildman–Crippen MR) is 144 cm³/mol. The molecule has 4 aromatic rings. The van der Waals surface area contributed by atoms with Gasteiger partial charge < -0.3 is 20.8 Å². The number of carbonyl (C=O) groups excluding carboxylic acids is 2. The zero-order chi connectivity index (χ0) is 26.1. The van der Waals surface area contributed by atoms with Gasteiger partial charge in [0.2, 0.25) is 0 Å². The van der Waals surface area contributed by atoms with Crippen molar-refractivity contribution in [1.82, 2.24) is 10.6 Å². The van der Waals surface area contributed by atoms with Crippen molar-refractivity contribution in [3.63, 3.8) is 0 Å². The summed E-state index contributed by atoms with van der Waals surface area (Å²) in [5.41, 5.74) is 0.434. The normalized spacial score (nSPS) is 12.1. The molecule has 0 aliphatic heterocycles. The van der Waals surface area contributed by atoms with Crippen molar-refractivity contribution in [3.8, 4) is 11.1 Å². The minimum atomic E-state index is -0.829. The molecule has 0 unspecified atom stereocenters. The maximum atomic E-state index is 13.6. The second-order valence-electron chi connectivity index (χ2n) is 10.4. The van der Waals surface area contributed by atoms with Gasteiger partial charge in [0, 0.05) is 22.3 Å². The van der Waals surface area contributed by atoms with Gasteiger partial charge in [-0.1, -0.05) is 60.7 Å². The fraction of sp³-hybridized carbons (Fsp3) is 0.267. The molecule has 4 aromatic carbocycles. The molecule has 6 heteroatoms. The zero-order valence-corrected chi connectivity index (χ0v) is 21.1. The number of carbonyl (C=O) groups is 2. The molecular formula is C30H32N2O4. The molecule has 36 heavy (non-hydrogen) atoms. The average molecular weight is 485 g/mol. The highest BCUT2D eigenvalue weighted by molar-refractivity contribution is 6.19. The average Bonchev–Trinajstić information content (AvgIpc) is 2.86. The SMILES string of the molecule is CC(C)(CO)NC(=O)c1ccc2ccccc2c1-c1c(C(=O)NC(C)(C)CO)ccc2ccccc12. The topological polar surface area (TPSA) is 98.7 Å². The van der Waals surface area contributed by atoms with Gasteiger partial charge >= 0.3 is 0 Å². The molecule has 4 rings (SSSR count). The number of fused-ring (bicyclic) bond motifs is 2. The van der Waals surface area contributed by atoms with Gasteiger partial charge in [0.25, 0.3) is 11.8 Å². The quantitative estimate of drug-likeness (QED) is 0.307. The summed E-state index contributed by atoms with van der Waals surface area (Å²) in [5.74, 6) is -0.686. The second kappa shape index (κ2) is 9.72. The third-order valence-electron chi connectivity index (χ3n) is 6.29. The Balaban J connectivity index is 2.07. The van der Waals surface area contributed by atoms with E-state index in [1.807, 2.05) is 60.7 Å². The lowest BCUT2D eigenvalue weighted by atomic mass is 9.86. The fourth-order valence-electron chi connectivity index (χ4n) is 4.29. The predicted octanol–water partition coefficient (Wildman–Crippen LogP) is 4.66. The molecule has 0 radical (unpaired) electrons. The van der Waals surface area contributed by atoms with Crippen molar-refractivity contribution in [2.24, 2.45) is 0 Å². The van der Waals surface area contributed by atoms with Gasteiger partial charge in [-0.25, -0.2) is 0 Å². The molecule has 4 N–H and O–H groups in total. The molecule has 0 aliphatic carbocycles. The Morgan fingerprint density at radius 1 is 0.611 bits per heavy atom. The van der Waals surface area contributed by atoms with Gasteiger partial charge in [-0.05, 0) is 61.4 Å². The maximum Gasteiger partial charge on any atom is 0.252 e. The van der Waals surface area contributed by atoms with Gasteiger partial charge in [0.05, 0.1) is 24.3 Å². The number of benzene rings is 4. The highest BCUT2D eigenvalue weighted by atomic mass is 16.3. The zero-order valence-electron chi connectivity index (χ0n) is 21.1. The van der Waals surface area contributed by atoms with Crippen molar-refractivity contribution < 1.29 is 19.8 Å². The van der Waals surface area contributed by atoms with E-state index in [1.165, 1.54) is 0 Å². The highest BCUT2D eigenvalue weighted by Gasteiger charge is 2.28. The summed E-state index contributed by atoms with van der Waals surface area (Å²) in [6, 6.07) is 22.8. The lowest BCUT2D eigenvalue weighted by Gasteiger charge is -2.26. The van der Waals surface area contributed by atoms with Crippen LogP contribution in [0, 0.1) is 0 Å². The van der Waals surface area contributed by atoms with Crippen LogP contribution in [0.4, 0.5) is 0 Å². The smallest absolute Gasteiger partial charge is 0.252 e. The van der Waals surface area contributed by atoms with Gasteiger partial charge in [-0.15, -0.1) is 0 Å². The Hall–Kier alpha value is -3.74. The molecule has 0 saturated carbocycles. The first-order valence-corrected chi connectivity index (χ1v) is 12.0. The van der Waals surface area contributed by atoms with Crippen LogP contribution in [0.3, 0.4) is 0 Å². The molecule has 186 valence electrons. The van der Waals surface area contributed by atoms with Crippen LogP contribution in [-0.4, -0.2) is 46.3 Å². The monoisotopic (exact) mass is 484 g/mol. The first kappa shape index (κ1) is 25.4. The number of aliphatic hydroxyl groups excluding tert-OH is 2. The molecule has 0 aliphatic rings. The lowest BCUT2D eigenvalue weighted by Crippen LogP contribution is -2.46. The highest BCUT2D eigenvalue weighted by Crippen LogP contribution is 2.39. The summed E-state index contributed by atoms with van der Waals surface area (Å²) < 4.78 is 0. The molecular weight excluding hydrogens is 452 g/mol. The van der Waals surface area contributed by atoms with E-state index in [0.29, 0.717) is 22.3 Å².